The van der Waals surface area contributed by atoms with E-state index in [4.69, 9.17) is 0 Å². The SMILES string of the molecule is O=c1c(SCc2ccccc2)nccn1-c1ccc(Br)cc1. The van der Waals surface area contributed by atoms with Crippen LogP contribution < -0.4 is 5.56 Å². The van der Waals surface area contributed by atoms with E-state index in [0.29, 0.717) is 5.03 Å². The number of nitrogens with zero attached hydrogens (tertiary/aromatic N) is 2. The lowest BCUT2D eigenvalue weighted by Crippen LogP contribution is -2.20. The van der Waals surface area contributed by atoms with E-state index >= 15 is 0 Å². The lowest BCUT2D eigenvalue weighted by molar-refractivity contribution is 0.882. The van der Waals surface area contributed by atoms with Gasteiger partial charge in [0.15, 0.2) is 5.03 Å². The molecule has 0 saturated heterocycles. The molecule has 110 valence electrons. The van der Waals surface area contributed by atoms with Crippen LogP contribution in [0, 0.1) is 0 Å². The Hall–Kier alpha value is -1.85. The van der Waals surface area contributed by atoms with Crippen LogP contribution in [0.1, 0.15) is 5.56 Å². The van der Waals surface area contributed by atoms with Crippen LogP contribution in [0.5, 0.6) is 0 Å². The van der Waals surface area contributed by atoms with Crippen molar-refractivity contribution in [3.8, 4) is 5.69 Å². The zero-order chi connectivity index (χ0) is 15.4. The van der Waals surface area contributed by atoms with Gasteiger partial charge in [0, 0.05) is 28.3 Å². The van der Waals surface area contributed by atoms with E-state index in [1.54, 1.807) is 17.0 Å². The number of benzene rings is 2. The summed E-state index contributed by atoms with van der Waals surface area (Å²) >= 11 is 4.86. The first-order valence-electron chi connectivity index (χ1n) is 6.74. The molecule has 0 bridgehead atoms. The zero-order valence-corrected chi connectivity index (χ0v) is 14.0. The molecule has 0 aliphatic rings. The van der Waals surface area contributed by atoms with E-state index in [1.165, 1.54) is 17.3 Å². The van der Waals surface area contributed by atoms with Gasteiger partial charge in [0.05, 0.1) is 0 Å². The maximum atomic E-state index is 12.5. The van der Waals surface area contributed by atoms with Crippen molar-refractivity contribution < 1.29 is 0 Å². The fraction of sp³-hybridized carbons (Fsp3) is 0.0588. The van der Waals surface area contributed by atoms with Crippen LogP contribution in [0.4, 0.5) is 0 Å². The van der Waals surface area contributed by atoms with Crippen LogP contribution >= 0.6 is 27.7 Å². The van der Waals surface area contributed by atoms with Gasteiger partial charge in [0.1, 0.15) is 0 Å². The molecule has 0 N–H and O–H groups in total. The molecule has 1 heterocycles. The minimum absolute atomic E-state index is 0.0919. The van der Waals surface area contributed by atoms with Crippen LogP contribution in [0.2, 0.25) is 0 Å². The first-order chi connectivity index (χ1) is 10.7. The standard InChI is InChI=1S/C17H13BrN2OS/c18-14-6-8-15(9-7-14)20-11-10-19-16(17(20)21)22-12-13-4-2-1-3-5-13/h1-11H,12H2. The fourth-order valence-corrected chi connectivity index (χ4v) is 3.14. The number of thioether (sulfide) groups is 1. The first kappa shape index (κ1) is 15.1. The van der Waals surface area contributed by atoms with E-state index in [9.17, 15) is 4.79 Å². The zero-order valence-electron chi connectivity index (χ0n) is 11.6. The first-order valence-corrected chi connectivity index (χ1v) is 8.52. The molecule has 0 atom stereocenters. The van der Waals surface area contributed by atoms with Gasteiger partial charge in [-0.05, 0) is 29.8 Å². The molecule has 0 spiro atoms. The molecule has 0 amide bonds. The smallest absolute Gasteiger partial charge is 0.280 e. The topological polar surface area (TPSA) is 34.9 Å². The molecule has 0 saturated carbocycles. The van der Waals surface area contributed by atoms with E-state index in [1.807, 2.05) is 54.6 Å². The van der Waals surface area contributed by atoms with Gasteiger partial charge in [-0.25, -0.2) is 4.98 Å². The summed E-state index contributed by atoms with van der Waals surface area (Å²) in [5, 5.41) is 0.509. The molecule has 0 radical (unpaired) electrons. The highest BCUT2D eigenvalue weighted by atomic mass is 79.9. The second kappa shape index (κ2) is 6.94. The Morgan fingerprint density at radius 3 is 2.50 bits per heavy atom. The Morgan fingerprint density at radius 1 is 1.05 bits per heavy atom. The maximum absolute atomic E-state index is 12.5. The minimum atomic E-state index is -0.0919. The number of hydrogen-bond acceptors (Lipinski definition) is 3. The van der Waals surface area contributed by atoms with Gasteiger partial charge in [0.2, 0.25) is 0 Å². The van der Waals surface area contributed by atoms with Gasteiger partial charge in [-0.3, -0.25) is 9.36 Å². The molecule has 3 aromatic rings. The van der Waals surface area contributed by atoms with Gasteiger partial charge < -0.3 is 0 Å². The molecule has 1 aromatic heterocycles. The molecule has 0 aliphatic heterocycles. The van der Waals surface area contributed by atoms with E-state index in [-0.39, 0.29) is 5.56 Å². The molecular formula is C17H13BrN2OS. The maximum Gasteiger partial charge on any atom is 0.287 e. The normalized spacial score (nSPS) is 10.6. The average molecular weight is 373 g/mol. The second-order valence-electron chi connectivity index (χ2n) is 4.66. The molecule has 22 heavy (non-hydrogen) atoms. The highest BCUT2D eigenvalue weighted by molar-refractivity contribution is 9.10. The summed E-state index contributed by atoms with van der Waals surface area (Å²) in [5.74, 6) is 0.730. The summed E-state index contributed by atoms with van der Waals surface area (Å²) < 4.78 is 2.60. The predicted octanol–water partition coefficient (Wildman–Crippen LogP) is 4.29. The Morgan fingerprint density at radius 2 is 1.77 bits per heavy atom. The van der Waals surface area contributed by atoms with E-state index < -0.39 is 0 Å². The van der Waals surface area contributed by atoms with Gasteiger partial charge >= 0.3 is 0 Å². The van der Waals surface area contributed by atoms with E-state index in [2.05, 4.69) is 20.9 Å². The summed E-state index contributed by atoms with van der Waals surface area (Å²) in [7, 11) is 0. The van der Waals surface area contributed by atoms with Crippen molar-refractivity contribution in [3.63, 3.8) is 0 Å². The van der Waals surface area contributed by atoms with Crippen LogP contribution in [0.15, 0.2) is 81.3 Å². The Balaban J connectivity index is 1.86. The van der Waals surface area contributed by atoms with Crippen LogP contribution in [0.3, 0.4) is 0 Å². The third-order valence-corrected chi connectivity index (χ3v) is 4.69. The third kappa shape index (κ3) is 3.48. The largest absolute Gasteiger partial charge is 0.287 e. The lowest BCUT2D eigenvalue weighted by atomic mass is 10.2. The predicted molar refractivity (Wildman–Crippen MR) is 93.5 cm³/mol. The van der Waals surface area contributed by atoms with Crippen molar-refractivity contribution >= 4 is 27.7 Å². The van der Waals surface area contributed by atoms with Crippen molar-refractivity contribution in [2.24, 2.45) is 0 Å². The molecule has 2 aromatic carbocycles. The highest BCUT2D eigenvalue weighted by Crippen LogP contribution is 2.18. The summed E-state index contributed by atoms with van der Waals surface area (Å²) in [4.78, 5) is 16.8. The van der Waals surface area contributed by atoms with Gasteiger partial charge in [-0.1, -0.05) is 58.0 Å². The summed E-state index contributed by atoms with van der Waals surface area (Å²) in [6.45, 7) is 0. The van der Waals surface area contributed by atoms with Gasteiger partial charge in [0.25, 0.3) is 5.56 Å². The lowest BCUT2D eigenvalue weighted by Gasteiger charge is -2.07. The molecule has 3 nitrogen and oxygen atoms in total. The highest BCUT2D eigenvalue weighted by Gasteiger charge is 2.07. The average Bonchev–Trinajstić information content (AvgIpc) is 2.56. The monoisotopic (exact) mass is 372 g/mol. The second-order valence-corrected chi connectivity index (χ2v) is 6.54. The van der Waals surface area contributed by atoms with Crippen molar-refractivity contribution in [1.82, 2.24) is 9.55 Å². The molecular weight excluding hydrogens is 360 g/mol. The van der Waals surface area contributed by atoms with Crippen LogP contribution in [-0.2, 0) is 5.75 Å². The Bertz CT molecular complexity index is 816. The van der Waals surface area contributed by atoms with Crippen LogP contribution in [0.25, 0.3) is 5.69 Å². The van der Waals surface area contributed by atoms with Gasteiger partial charge in [-0.2, -0.15) is 0 Å². The van der Waals surface area contributed by atoms with Crippen LogP contribution in [-0.4, -0.2) is 9.55 Å². The number of rotatable bonds is 4. The molecule has 5 heteroatoms. The van der Waals surface area contributed by atoms with Crippen molar-refractivity contribution in [3.05, 3.63) is 87.4 Å². The number of hydrogen-bond donors (Lipinski definition) is 0. The summed E-state index contributed by atoms with van der Waals surface area (Å²) in [6, 6.07) is 17.7. The minimum Gasteiger partial charge on any atom is -0.280 e. The fourth-order valence-electron chi connectivity index (χ4n) is 2.02. The number of halogens is 1. The Labute approximate surface area is 141 Å². The molecule has 0 unspecified atom stereocenters. The molecule has 0 aliphatic carbocycles. The van der Waals surface area contributed by atoms with Gasteiger partial charge in [-0.15, -0.1) is 0 Å². The third-order valence-electron chi connectivity index (χ3n) is 3.13. The Kier molecular flexibility index (Phi) is 4.75. The van der Waals surface area contributed by atoms with Crippen molar-refractivity contribution in [2.45, 2.75) is 10.8 Å². The summed E-state index contributed by atoms with van der Waals surface area (Å²) in [6.07, 6.45) is 3.36. The quantitative estimate of drug-likeness (QED) is 0.640. The number of aromatic nitrogens is 2. The molecule has 3 rings (SSSR count). The molecule has 0 fully saturated rings. The summed E-state index contributed by atoms with van der Waals surface area (Å²) in [5.41, 5.74) is 1.91. The van der Waals surface area contributed by atoms with Crippen molar-refractivity contribution in [1.29, 1.82) is 0 Å². The van der Waals surface area contributed by atoms with Crippen molar-refractivity contribution in [2.75, 3.05) is 0 Å². The van der Waals surface area contributed by atoms with E-state index in [0.717, 1.165) is 15.9 Å².